The lowest BCUT2D eigenvalue weighted by atomic mass is 10.0. The molecule has 1 N–H and O–H groups in total. The Balaban J connectivity index is 1.62. The number of hydrogen-bond donors (Lipinski definition) is 1. The van der Waals surface area contributed by atoms with Gasteiger partial charge in [-0.2, -0.15) is 0 Å². The maximum atomic E-state index is 12.9. The molecule has 3 aromatic rings. The van der Waals surface area contributed by atoms with Gasteiger partial charge in [0.2, 0.25) is 0 Å². The van der Waals surface area contributed by atoms with E-state index < -0.39 is 0 Å². The lowest BCUT2D eigenvalue weighted by Crippen LogP contribution is -2.40. The highest BCUT2D eigenvalue weighted by atomic mass is 79.9. The van der Waals surface area contributed by atoms with Crippen LogP contribution < -0.4 is 10.2 Å². The molecular weight excluding hydrogens is 454 g/mol. The molecule has 1 aliphatic rings. The van der Waals surface area contributed by atoms with Crippen LogP contribution in [-0.2, 0) is 13.0 Å². The number of urea groups is 1. The van der Waals surface area contributed by atoms with Crippen LogP contribution in [0.25, 0.3) is 11.4 Å². The summed E-state index contributed by atoms with van der Waals surface area (Å²) in [6, 6.07) is 17.6. The molecule has 0 saturated heterocycles. The van der Waals surface area contributed by atoms with E-state index in [9.17, 15) is 4.79 Å². The Kier molecular flexibility index (Phi) is 6.51. The molecule has 1 aliphatic heterocycles. The highest BCUT2D eigenvalue weighted by Gasteiger charge is 2.27. The van der Waals surface area contributed by atoms with Gasteiger partial charge in [-0.05, 0) is 30.7 Å². The predicted octanol–water partition coefficient (Wildman–Crippen LogP) is 5.34. The van der Waals surface area contributed by atoms with Gasteiger partial charge in [0.15, 0.2) is 5.82 Å². The lowest BCUT2D eigenvalue weighted by molar-refractivity contribution is 0.206. The fourth-order valence-electron chi connectivity index (χ4n) is 3.78. The average molecular weight is 480 g/mol. The summed E-state index contributed by atoms with van der Waals surface area (Å²) in [7, 11) is 2.06. The van der Waals surface area contributed by atoms with Crippen molar-refractivity contribution in [2.75, 3.05) is 30.4 Å². The average Bonchev–Trinajstić information content (AvgIpc) is 2.80. The van der Waals surface area contributed by atoms with Crippen LogP contribution in [0.2, 0.25) is 0 Å². The van der Waals surface area contributed by atoms with Gasteiger partial charge in [0.1, 0.15) is 5.82 Å². The maximum absolute atomic E-state index is 12.9. The van der Waals surface area contributed by atoms with Crippen molar-refractivity contribution in [1.82, 2.24) is 14.9 Å². The van der Waals surface area contributed by atoms with Crippen molar-refractivity contribution in [1.29, 1.82) is 0 Å². The molecule has 0 bridgehead atoms. The quantitative estimate of drug-likeness (QED) is 0.536. The smallest absolute Gasteiger partial charge is 0.322 e. The Bertz CT molecular complexity index is 1060. The summed E-state index contributed by atoms with van der Waals surface area (Å²) in [5.74, 6) is 1.65. The SMILES string of the molecule is CCCN(C)c1nc(-c2ccccc2)nc2c1CN(C(=O)Nc1ccc(Br)cc1)CC2. The number of amides is 2. The molecule has 0 spiro atoms. The second-order valence-electron chi connectivity index (χ2n) is 7.69. The second-order valence-corrected chi connectivity index (χ2v) is 8.61. The fraction of sp³-hybridized carbons (Fsp3) is 0.292. The van der Waals surface area contributed by atoms with E-state index in [1.54, 1.807) is 0 Å². The second kappa shape index (κ2) is 9.47. The third-order valence-electron chi connectivity index (χ3n) is 5.37. The Morgan fingerprint density at radius 1 is 1.13 bits per heavy atom. The van der Waals surface area contributed by atoms with Gasteiger partial charge >= 0.3 is 6.03 Å². The minimum absolute atomic E-state index is 0.107. The Labute approximate surface area is 191 Å². The zero-order valence-corrected chi connectivity index (χ0v) is 19.4. The van der Waals surface area contributed by atoms with E-state index >= 15 is 0 Å². The number of nitrogens with zero attached hydrogens (tertiary/aromatic N) is 4. The van der Waals surface area contributed by atoms with Gasteiger partial charge in [-0.25, -0.2) is 14.8 Å². The number of nitrogens with one attached hydrogen (secondary N) is 1. The lowest BCUT2D eigenvalue weighted by Gasteiger charge is -2.32. The molecule has 6 nitrogen and oxygen atoms in total. The summed E-state index contributed by atoms with van der Waals surface area (Å²) in [6.45, 7) is 4.16. The number of anilines is 2. The van der Waals surface area contributed by atoms with Crippen molar-refractivity contribution in [2.45, 2.75) is 26.3 Å². The van der Waals surface area contributed by atoms with E-state index in [4.69, 9.17) is 9.97 Å². The summed E-state index contributed by atoms with van der Waals surface area (Å²) in [5.41, 5.74) is 3.84. The van der Waals surface area contributed by atoms with E-state index in [2.05, 4.69) is 40.1 Å². The van der Waals surface area contributed by atoms with Crippen LogP contribution >= 0.6 is 15.9 Å². The number of benzene rings is 2. The minimum atomic E-state index is -0.107. The van der Waals surface area contributed by atoms with Crippen LogP contribution in [0.15, 0.2) is 59.1 Å². The molecule has 0 atom stereocenters. The summed E-state index contributed by atoms with van der Waals surface area (Å²) >= 11 is 3.42. The van der Waals surface area contributed by atoms with Crippen LogP contribution in [0.4, 0.5) is 16.3 Å². The van der Waals surface area contributed by atoms with Gasteiger partial charge in [0, 0.05) is 47.8 Å². The van der Waals surface area contributed by atoms with Crippen LogP contribution in [0.3, 0.4) is 0 Å². The van der Waals surface area contributed by atoms with Crippen molar-refractivity contribution >= 4 is 33.5 Å². The molecule has 0 aliphatic carbocycles. The fourth-order valence-corrected chi connectivity index (χ4v) is 4.04. The highest BCUT2D eigenvalue weighted by Crippen LogP contribution is 2.29. The first-order valence-electron chi connectivity index (χ1n) is 10.5. The number of aromatic nitrogens is 2. The van der Waals surface area contributed by atoms with Crippen molar-refractivity contribution in [2.24, 2.45) is 0 Å². The van der Waals surface area contributed by atoms with Gasteiger partial charge in [-0.15, -0.1) is 0 Å². The number of fused-ring (bicyclic) bond motifs is 1. The van der Waals surface area contributed by atoms with Crippen LogP contribution in [0, 0.1) is 0 Å². The molecule has 2 heterocycles. The third kappa shape index (κ3) is 4.88. The number of halogens is 1. The van der Waals surface area contributed by atoms with Crippen molar-refractivity contribution in [3.05, 3.63) is 70.3 Å². The van der Waals surface area contributed by atoms with Crippen molar-refractivity contribution in [3.63, 3.8) is 0 Å². The van der Waals surface area contributed by atoms with Gasteiger partial charge in [-0.1, -0.05) is 53.2 Å². The molecule has 7 heteroatoms. The van der Waals surface area contributed by atoms with Crippen LogP contribution in [0.1, 0.15) is 24.6 Å². The Hall–Kier alpha value is -2.93. The molecule has 1 aromatic heterocycles. The van der Waals surface area contributed by atoms with Crippen LogP contribution in [-0.4, -0.2) is 41.0 Å². The number of carbonyl (C=O) groups is 1. The van der Waals surface area contributed by atoms with Gasteiger partial charge in [0.25, 0.3) is 0 Å². The Morgan fingerprint density at radius 2 is 1.87 bits per heavy atom. The molecule has 0 unspecified atom stereocenters. The molecule has 2 aromatic carbocycles. The van der Waals surface area contributed by atoms with Gasteiger partial charge in [-0.3, -0.25) is 0 Å². The first-order valence-corrected chi connectivity index (χ1v) is 11.3. The zero-order valence-electron chi connectivity index (χ0n) is 17.8. The van der Waals surface area contributed by atoms with E-state index in [0.29, 0.717) is 19.5 Å². The molecule has 31 heavy (non-hydrogen) atoms. The minimum Gasteiger partial charge on any atom is -0.359 e. The molecule has 0 fully saturated rings. The molecule has 4 rings (SSSR count). The molecular formula is C24H26BrN5O. The Morgan fingerprint density at radius 3 is 2.58 bits per heavy atom. The van der Waals surface area contributed by atoms with E-state index in [1.807, 2.05) is 59.5 Å². The first-order chi connectivity index (χ1) is 15.0. The first kappa shape index (κ1) is 21.3. The topological polar surface area (TPSA) is 61.4 Å². The van der Waals surface area contributed by atoms with Crippen LogP contribution in [0.5, 0.6) is 0 Å². The molecule has 160 valence electrons. The number of hydrogen-bond acceptors (Lipinski definition) is 4. The molecule has 2 amide bonds. The molecule has 0 radical (unpaired) electrons. The predicted molar refractivity (Wildman–Crippen MR) is 128 cm³/mol. The maximum Gasteiger partial charge on any atom is 0.322 e. The summed E-state index contributed by atoms with van der Waals surface area (Å²) < 4.78 is 0.979. The summed E-state index contributed by atoms with van der Waals surface area (Å²) in [4.78, 5) is 26.7. The highest BCUT2D eigenvalue weighted by molar-refractivity contribution is 9.10. The van der Waals surface area contributed by atoms with Gasteiger partial charge < -0.3 is 15.1 Å². The third-order valence-corrected chi connectivity index (χ3v) is 5.90. The van der Waals surface area contributed by atoms with E-state index in [1.165, 1.54) is 0 Å². The van der Waals surface area contributed by atoms with Crippen molar-refractivity contribution < 1.29 is 4.79 Å². The zero-order chi connectivity index (χ0) is 21.8. The van der Waals surface area contributed by atoms with E-state index in [-0.39, 0.29) is 6.03 Å². The number of rotatable bonds is 5. The van der Waals surface area contributed by atoms with Gasteiger partial charge in [0.05, 0.1) is 12.2 Å². The standard InChI is InChI=1S/C24H26BrN5O/c1-3-14-29(2)23-20-16-30(24(31)26-19-11-9-18(25)10-12-19)15-13-21(20)27-22(28-23)17-7-5-4-6-8-17/h4-12H,3,13-16H2,1-2H3,(H,26,31). The van der Waals surface area contributed by atoms with Crippen molar-refractivity contribution in [3.8, 4) is 11.4 Å². The number of carbonyl (C=O) groups excluding carboxylic acids is 1. The largest absolute Gasteiger partial charge is 0.359 e. The normalized spacial score (nSPS) is 12.9. The monoisotopic (exact) mass is 479 g/mol. The summed E-state index contributed by atoms with van der Waals surface area (Å²) in [5, 5.41) is 2.99. The van der Waals surface area contributed by atoms with E-state index in [0.717, 1.165) is 51.6 Å². The summed E-state index contributed by atoms with van der Waals surface area (Å²) in [6.07, 6.45) is 1.72. The molecule has 0 saturated carbocycles.